The number of anilines is 1. The Kier molecular flexibility index (Phi) is 3.47. The Hall–Kier alpha value is -1.84. The molecule has 0 saturated heterocycles. The van der Waals surface area contributed by atoms with E-state index < -0.39 is 0 Å². The number of hydrogen-bond acceptors (Lipinski definition) is 2. The lowest BCUT2D eigenvalue weighted by molar-refractivity contribution is -0.117. The van der Waals surface area contributed by atoms with Gasteiger partial charge in [-0.3, -0.25) is 9.59 Å². The maximum atomic E-state index is 12.5. The van der Waals surface area contributed by atoms with E-state index in [1.54, 1.807) is 48.3 Å². The Balaban J connectivity index is 2.02. The highest BCUT2D eigenvalue weighted by Crippen LogP contribution is 2.30. The van der Waals surface area contributed by atoms with Crippen LogP contribution in [0.1, 0.15) is 21.5 Å². The van der Waals surface area contributed by atoms with Crippen LogP contribution in [0.25, 0.3) is 0 Å². The van der Waals surface area contributed by atoms with Crippen molar-refractivity contribution in [2.45, 2.75) is 6.42 Å². The van der Waals surface area contributed by atoms with Gasteiger partial charge < -0.3 is 4.90 Å². The molecule has 0 saturated carbocycles. The lowest BCUT2D eigenvalue weighted by Crippen LogP contribution is -2.20. The molecule has 0 N–H and O–H groups in total. The Morgan fingerprint density at radius 1 is 1.14 bits per heavy atom. The average molecular weight is 320 g/mol. The third-order valence-electron chi connectivity index (χ3n) is 3.59. The lowest BCUT2D eigenvalue weighted by Gasteiger charge is -2.10. The van der Waals surface area contributed by atoms with E-state index in [0.29, 0.717) is 27.6 Å². The van der Waals surface area contributed by atoms with E-state index in [1.165, 1.54) is 0 Å². The molecule has 1 amide bonds. The average Bonchev–Trinajstić information content (AvgIpc) is 2.75. The molecule has 0 spiro atoms. The minimum Gasteiger partial charge on any atom is -0.315 e. The highest BCUT2D eigenvalue weighted by molar-refractivity contribution is 6.36. The summed E-state index contributed by atoms with van der Waals surface area (Å²) in [6.45, 7) is 0. The van der Waals surface area contributed by atoms with Crippen molar-refractivity contribution in [3.63, 3.8) is 0 Å². The first-order chi connectivity index (χ1) is 9.97. The molecule has 21 heavy (non-hydrogen) atoms. The van der Waals surface area contributed by atoms with Gasteiger partial charge in [-0.2, -0.15) is 0 Å². The normalized spacial score (nSPS) is 13.5. The first-order valence-electron chi connectivity index (χ1n) is 6.36. The largest absolute Gasteiger partial charge is 0.315 e. The number of nitrogens with zero attached hydrogens (tertiary/aromatic N) is 1. The number of carbonyl (C=O) groups excluding carboxylic acids is 2. The second-order valence-corrected chi connectivity index (χ2v) is 5.77. The number of amides is 1. The van der Waals surface area contributed by atoms with E-state index >= 15 is 0 Å². The van der Waals surface area contributed by atoms with Crippen LogP contribution in [-0.4, -0.2) is 18.7 Å². The maximum absolute atomic E-state index is 12.5. The maximum Gasteiger partial charge on any atom is 0.231 e. The summed E-state index contributed by atoms with van der Waals surface area (Å²) in [5.74, 6) is -0.178. The van der Waals surface area contributed by atoms with Gasteiger partial charge in [-0.15, -0.1) is 0 Å². The molecule has 2 aromatic rings. The Labute approximate surface area is 132 Å². The van der Waals surface area contributed by atoms with Crippen molar-refractivity contribution in [2.24, 2.45) is 0 Å². The molecule has 3 rings (SSSR count). The monoisotopic (exact) mass is 319 g/mol. The molecular weight excluding hydrogens is 309 g/mol. The van der Waals surface area contributed by atoms with Crippen LogP contribution in [0.15, 0.2) is 36.4 Å². The van der Waals surface area contributed by atoms with Crippen LogP contribution in [0.3, 0.4) is 0 Å². The molecule has 0 aliphatic carbocycles. The van der Waals surface area contributed by atoms with Crippen molar-refractivity contribution in [3.8, 4) is 0 Å². The summed E-state index contributed by atoms with van der Waals surface area (Å²) in [5.41, 5.74) is 2.56. The quantitative estimate of drug-likeness (QED) is 0.791. The van der Waals surface area contributed by atoms with Crippen LogP contribution in [-0.2, 0) is 11.2 Å². The molecule has 0 aromatic heterocycles. The van der Waals surface area contributed by atoms with Crippen molar-refractivity contribution in [2.75, 3.05) is 11.9 Å². The van der Waals surface area contributed by atoms with Gasteiger partial charge in [0, 0.05) is 28.9 Å². The molecule has 0 radical (unpaired) electrons. The Morgan fingerprint density at radius 2 is 1.90 bits per heavy atom. The highest BCUT2D eigenvalue weighted by atomic mass is 35.5. The van der Waals surface area contributed by atoms with Crippen molar-refractivity contribution < 1.29 is 9.59 Å². The van der Waals surface area contributed by atoms with Crippen LogP contribution >= 0.6 is 23.2 Å². The molecule has 0 bridgehead atoms. The molecule has 0 atom stereocenters. The molecule has 0 unspecified atom stereocenters. The molecule has 1 heterocycles. The molecule has 106 valence electrons. The fourth-order valence-corrected chi connectivity index (χ4v) is 2.81. The van der Waals surface area contributed by atoms with Crippen LogP contribution < -0.4 is 4.90 Å². The van der Waals surface area contributed by atoms with Crippen molar-refractivity contribution in [1.82, 2.24) is 0 Å². The fraction of sp³-hybridized carbons (Fsp3) is 0.125. The van der Waals surface area contributed by atoms with Crippen LogP contribution in [0, 0.1) is 0 Å². The van der Waals surface area contributed by atoms with E-state index in [1.807, 2.05) is 0 Å². The summed E-state index contributed by atoms with van der Waals surface area (Å²) in [4.78, 5) is 25.8. The molecule has 2 aromatic carbocycles. The Bertz CT molecular complexity index is 771. The number of hydrogen-bond donors (Lipinski definition) is 0. The number of carbonyl (C=O) groups is 2. The van der Waals surface area contributed by atoms with Crippen molar-refractivity contribution in [1.29, 1.82) is 0 Å². The van der Waals surface area contributed by atoms with Gasteiger partial charge >= 0.3 is 0 Å². The third kappa shape index (κ3) is 2.43. The summed E-state index contributed by atoms with van der Waals surface area (Å²) in [6, 6.07) is 10.0. The first-order valence-corrected chi connectivity index (χ1v) is 7.12. The van der Waals surface area contributed by atoms with Gasteiger partial charge in [-0.25, -0.2) is 0 Å². The zero-order chi connectivity index (χ0) is 15.1. The predicted octanol–water partition coefficient (Wildman–Crippen LogP) is 3.74. The third-order valence-corrected chi connectivity index (χ3v) is 4.16. The molecule has 1 aliphatic rings. The van der Waals surface area contributed by atoms with Crippen molar-refractivity contribution in [3.05, 3.63) is 63.1 Å². The van der Waals surface area contributed by atoms with E-state index in [-0.39, 0.29) is 11.7 Å². The van der Waals surface area contributed by atoms with Crippen LogP contribution in [0.4, 0.5) is 5.69 Å². The lowest BCUT2D eigenvalue weighted by atomic mass is 10.00. The van der Waals surface area contributed by atoms with Gasteiger partial charge in [0.25, 0.3) is 0 Å². The van der Waals surface area contributed by atoms with Crippen molar-refractivity contribution >= 4 is 40.6 Å². The van der Waals surface area contributed by atoms with E-state index in [0.717, 1.165) is 11.3 Å². The van der Waals surface area contributed by atoms with Gasteiger partial charge in [0.15, 0.2) is 5.78 Å². The minimum absolute atomic E-state index is 0.0235. The summed E-state index contributed by atoms with van der Waals surface area (Å²) in [6.07, 6.45) is 0.316. The van der Waals surface area contributed by atoms with Gasteiger partial charge in [0.2, 0.25) is 5.91 Å². The van der Waals surface area contributed by atoms with Gasteiger partial charge in [-0.1, -0.05) is 23.2 Å². The number of rotatable bonds is 2. The fourth-order valence-electron chi connectivity index (χ4n) is 2.44. The molecule has 3 nitrogen and oxygen atoms in total. The molecule has 0 fully saturated rings. The number of benzene rings is 2. The smallest absolute Gasteiger partial charge is 0.231 e. The van der Waals surface area contributed by atoms with Crippen LogP contribution in [0.2, 0.25) is 10.0 Å². The first kappa shape index (κ1) is 14.1. The number of halogens is 2. The summed E-state index contributed by atoms with van der Waals surface area (Å²) in [5, 5.41) is 0.817. The number of likely N-dealkylation sites (N-methyl/N-ethyl adjacent to an activating group) is 1. The van der Waals surface area contributed by atoms with Crippen LogP contribution in [0.5, 0.6) is 0 Å². The minimum atomic E-state index is -0.202. The zero-order valence-electron chi connectivity index (χ0n) is 11.2. The van der Waals surface area contributed by atoms with E-state index in [9.17, 15) is 9.59 Å². The highest BCUT2D eigenvalue weighted by Gasteiger charge is 2.25. The summed E-state index contributed by atoms with van der Waals surface area (Å²) < 4.78 is 0. The standard InChI is InChI=1S/C16H11Cl2NO2/c1-19-14-5-2-9(6-10(14)7-15(19)20)16(21)12-8-11(17)3-4-13(12)18/h2-6,8H,7H2,1H3. The van der Waals surface area contributed by atoms with Gasteiger partial charge in [0.1, 0.15) is 0 Å². The molecular formula is C16H11Cl2NO2. The topological polar surface area (TPSA) is 37.4 Å². The molecule has 1 aliphatic heterocycles. The van der Waals surface area contributed by atoms with Gasteiger partial charge in [0.05, 0.1) is 11.4 Å². The second-order valence-electron chi connectivity index (χ2n) is 4.93. The SMILES string of the molecule is CN1C(=O)Cc2cc(C(=O)c3cc(Cl)ccc3Cl)ccc21. The van der Waals surface area contributed by atoms with E-state index in [4.69, 9.17) is 23.2 Å². The van der Waals surface area contributed by atoms with Gasteiger partial charge in [-0.05, 0) is 42.0 Å². The summed E-state index contributed by atoms with van der Waals surface area (Å²) in [7, 11) is 1.73. The Morgan fingerprint density at radius 3 is 2.67 bits per heavy atom. The van der Waals surface area contributed by atoms with E-state index in [2.05, 4.69) is 0 Å². The predicted molar refractivity (Wildman–Crippen MR) is 83.5 cm³/mol. The zero-order valence-corrected chi connectivity index (χ0v) is 12.7. The summed E-state index contributed by atoms with van der Waals surface area (Å²) >= 11 is 12.0. The number of fused-ring (bicyclic) bond motifs is 1. The molecule has 5 heteroatoms. The second kappa shape index (κ2) is 5.17. The number of ketones is 1.